The van der Waals surface area contributed by atoms with Gasteiger partial charge in [0.15, 0.2) is 0 Å². The lowest BCUT2D eigenvalue weighted by atomic mass is 10.0. The molecule has 0 saturated carbocycles. The van der Waals surface area contributed by atoms with E-state index in [9.17, 15) is 9.59 Å². The predicted octanol–water partition coefficient (Wildman–Crippen LogP) is 1.85. The van der Waals surface area contributed by atoms with E-state index < -0.39 is 0 Å². The van der Waals surface area contributed by atoms with Gasteiger partial charge in [0.1, 0.15) is 0 Å². The molecule has 1 aliphatic heterocycles. The molecule has 0 aliphatic carbocycles. The van der Waals surface area contributed by atoms with Crippen LogP contribution in [-0.4, -0.2) is 62.8 Å². The lowest BCUT2D eigenvalue weighted by molar-refractivity contribution is -0.133. The number of hydrogen-bond acceptors (Lipinski definition) is 4. The van der Waals surface area contributed by atoms with Gasteiger partial charge in [0.25, 0.3) is 0 Å². The van der Waals surface area contributed by atoms with Gasteiger partial charge in [-0.15, -0.1) is 12.4 Å². The van der Waals surface area contributed by atoms with Crippen LogP contribution in [0.2, 0.25) is 0 Å². The van der Waals surface area contributed by atoms with Crippen LogP contribution < -0.4 is 16.0 Å². The normalized spacial score (nSPS) is 16.5. The molecule has 1 aliphatic rings. The highest BCUT2D eigenvalue weighted by molar-refractivity contribution is 5.89. The third-order valence-corrected chi connectivity index (χ3v) is 4.24. The molecule has 1 saturated heterocycles. The zero-order chi connectivity index (χ0) is 17.9. The van der Waals surface area contributed by atoms with Crippen molar-refractivity contribution >= 4 is 30.0 Å². The third kappa shape index (κ3) is 7.59. The molecule has 8 heteroatoms. The molecule has 1 fully saturated rings. The first-order chi connectivity index (χ1) is 12.2. The van der Waals surface area contributed by atoms with Crippen LogP contribution in [0.25, 0.3) is 0 Å². The summed E-state index contributed by atoms with van der Waals surface area (Å²) < 4.78 is 4.96. The van der Waals surface area contributed by atoms with Crippen molar-refractivity contribution < 1.29 is 14.3 Å². The Balaban J connectivity index is 0.00000338. The number of carbonyl (C=O) groups is 2. The van der Waals surface area contributed by atoms with Crippen LogP contribution >= 0.6 is 12.4 Å². The highest BCUT2D eigenvalue weighted by Crippen LogP contribution is 2.16. The molecule has 3 amide bonds. The summed E-state index contributed by atoms with van der Waals surface area (Å²) in [5.74, 6) is 0.0751. The largest absolute Gasteiger partial charge is 0.383 e. The number of carbonyl (C=O) groups excluding carboxylic acids is 2. The molecule has 0 radical (unpaired) electrons. The van der Waals surface area contributed by atoms with E-state index in [1.165, 1.54) is 0 Å². The molecular weight excluding hydrogens is 356 g/mol. The lowest BCUT2D eigenvalue weighted by Crippen LogP contribution is -2.52. The van der Waals surface area contributed by atoms with Gasteiger partial charge in [-0.05, 0) is 31.4 Å². The minimum absolute atomic E-state index is 0. The van der Waals surface area contributed by atoms with Gasteiger partial charge in [0.05, 0.1) is 13.2 Å². The summed E-state index contributed by atoms with van der Waals surface area (Å²) in [5.41, 5.74) is 0.749. The fourth-order valence-electron chi connectivity index (χ4n) is 2.92. The van der Waals surface area contributed by atoms with Crippen LogP contribution in [0.1, 0.15) is 19.3 Å². The van der Waals surface area contributed by atoms with Crippen LogP contribution in [0.3, 0.4) is 0 Å². The van der Waals surface area contributed by atoms with Gasteiger partial charge < -0.3 is 25.6 Å². The lowest BCUT2D eigenvalue weighted by Gasteiger charge is -2.36. The standard InChI is InChI=1S/C18H28N4O3.ClH/c1-25-12-10-19-14-17(23)22-11-6-5-9-16(22)13-20-18(24)21-15-7-3-2-4-8-15;/h2-4,7-8,16,19H,5-6,9-14H2,1H3,(H2,20,21,24);1H. The van der Waals surface area contributed by atoms with Gasteiger partial charge in [0.2, 0.25) is 5.91 Å². The maximum Gasteiger partial charge on any atom is 0.319 e. The zero-order valence-corrected chi connectivity index (χ0v) is 16.0. The average molecular weight is 385 g/mol. The number of anilines is 1. The van der Waals surface area contributed by atoms with E-state index in [4.69, 9.17) is 4.74 Å². The number of amides is 3. The maximum atomic E-state index is 12.4. The number of nitrogens with one attached hydrogen (secondary N) is 3. The van der Waals surface area contributed by atoms with Gasteiger partial charge in [-0.2, -0.15) is 0 Å². The summed E-state index contributed by atoms with van der Waals surface area (Å²) >= 11 is 0. The summed E-state index contributed by atoms with van der Waals surface area (Å²) in [5, 5.41) is 8.76. The number of likely N-dealkylation sites (tertiary alicyclic amines) is 1. The van der Waals surface area contributed by atoms with Crippen molar-refractivity contribution in [1.29, 1.82) is 0 Å². The first-order valence-corrected chi connectivity index (χ1v) is 8.79. The molecular formula is C18H29ClN4O3. The molecule has 0 bridgehead atoms. The molecule has 1 aromatic rings. The quantitative estimate of drug-likeness (QED) is 0.597. The van der Waals surface area contributed by atoms with Gasteiger partial charge in [-0.25, -0.2) is 4.79 Å². The molecule has 26 heavy (non-hydrogen) atoms. The Kier molecular flexibility index (Phi) is 10.7. The van der Waals surface area contributed by atoms with Crippen LogP contribution in [0.4, 0.5) is 10.5 Å². The van der Waals surface area contributed by atoms with E-state index in [1.54, 1.807) is 7.11 Å². The van der Waals surface area contributed by atoms with Gasteiger partial charge in [-0.1, -0.05) is 18.2 Å². The van der Waals surface area contributed by atoms with Gasteiger partial charge in [-0.3, -0.25) is 4.79 Å². The highest BCUT2D eigenvalue weighted by Gasteiger charge is 2.26. The minimum atomic E-state index is -0.248. The number of para-hydroxylation sites is 1. The Labute approximate surface area is 161 Å². The second-order valence-corrected chi connectivity index (χ2v) is 6.11. The smallest absolute Gasteiger partial charge is 0.319 e. The Hall–Kier alpha value is -1.83. The number of halogens is 1. The SMILES string of the molecule is COCCNCC(=O)N1CCCCC1CNC(=O)Nc1ccccc1.Cl. The monoisotopic (exact) mass is 384 g/mol. The van der Waals surface area contributed by atoms with Crippen molar-refractivity contribution in [2.45, 2.75) is 25.3 Å². The van der Waals surface area contributed by atoms with Crippen LogP contribution in [-0.2, 0) is 9.53 Å². The van der Waals surface area contributed by atoms with Gasteiger partial charge >= 0.3 is 6.03 Å². The molecule has 3 N–H and O–H groups in total. The fourth-order valence-corrected chi connectivity index (χ4v) is 2.92. The molecule has 1 atom stereocenters. The predicted molar refractivity (Wildman–Crippen MR) is 105 cm³/mol. The molecule has 0 spiro atoms. The van der Waals surface area contributed by atoms with Gasteiger partial charge in [0, 0.05) is 38.5 Å². The van der Waals surface area contributed by atoms with Crippen LogP contribution in [0.5, 0.6) is 0 Å². The van der Waals surface area contributed by atoms with E-state index in [-0.39, 0.29) is 30.4 Å². The third-order valence-electron chi connectivity index (χ3n) is 4.24. The summed E-state index contributed by atoms with van der Waals surface area (Å²) in [7, 11) is 1.64. The molecule has 1 heterocycles. The zero-order valence-electron chi connectivity index (χ0n) is 15.2. The van der Waals surface area contributed by atoms with Crippen molar-refractivity contribution in [3.05, 3.63) is 30.3 Å². The van der Waals surface area contributed by atoms with E-state index >= 15 is 0 Å². The van der Waals surface area contributed by atoms with Crippen molar-refractivity contribution in [2.24, 2.45) is 0 Å². The van der Waals surface area contributed by atoms with Crippen molar-refractivity contribution in [3.63, 3.8) is 0 Å². The number of hydrogen-bond donors (Lipinski definition) is 3. The maximum absolute atomic E-state index is 12.4. The van der Waals surface area contributed by atoms with Crippen molar-refractivity contribution in [1.82, 2.24) is 15.5 Å². The second kappa shape index (κ2) is 12.5. The second-order valence-electron chi connectivity index (χ2n) is 6.11. The number of methoxy groups -OCH3 is 1. The highest BCUT2D eigenvalue weighted by atomic mass is 35.5. The topological polar surface area (TPSA) is 82.7 Å². The molecule has 7 nitrogen and oxygen atoms in total. The number of ether oxygens (including phenoxy) is 1. The molecule has 0 aromatic heterocycles. The Morgan fingerprint density at radius 1 is 1.23 bits per heavy atom. The summed E-state index contributed by atoms with van der Waals surface area (Å²) in [6.07, 6.45) is 3.00. The average Bonchev–Trinajstić information content (AvgIpc) is 2.64. The number of piperidine rings is 1. The molecule has 146 valence electrons. The van der Waals surface area contributed by atoms with E-state index in [0.29, 0.717) is 26.2 Å². The van der Waals surface area contributed by atoms with Crippen molar-refractivity contribution in [2.75, 3.05) is 45.2 Å². The molecule has 1 unspecified atom stereocenters. The first-order valence-electron chi connectivity index (χ1n) is 8.79. The van der Waals surface area contributed by atoms with Crippen LogP contribution in [0, 0.1) is 0 Å². The molecule has 1 aromatic carbocycles. The van der Waals surface area contributed by atoms with Crippen molar-refractivity contribution in [3.8, 4) is 0 Å². The Morgan fingerprint density at radius 2 is 2.00 bits per heavy atom. The van der Waals surface area contributed by atoms with Crippen LogP contribution in [0.15, 0.2) is 30.3 Å². The van der Waals surface area contributed by atoms with E-state index in [2.05, 4.69) is 16.0 Å². The summed E-state index contributed by atoms with van der Waals surface area (Å²) in [6.45, 7) is 2.74. The number of urea groups is 1. The van der Waals surface area contributed by atoms with E-state index in [1.807, 2.05) is 35.2 Å². The van der Waals surface area contributed by atoms with E-state index in [0.717, 1.165) is 31.5 Å². The first kappa shape index (κ1) is 22.2. The summed E-state index contributed by atoms with van der Waals surface area (Å²) in [4.78, 5) is 26.3. The Morgan fingerprint density at radius 3 is 2.73 bits per heavy atom. The minimum Gasteiger partial charge on any atom is -0.383 e. The summed E-state index contributed by atoms with van der Waals surface area (Å²) in [6, 6.07) is 9.11. The Bertz CT molecular complexity index is 544. The number of benzene rings is 1. The fraction of sp³-hybridized carbons (Fsp3) is 0.556. The molecule has 2 rings (SSSR count). The number of nitrogens with zero attached hydrogens (tertiary/aromatic N) is 1. The number of rotatable bonds is 8.